The number of ether oxygens (including phenoxy) is 1. The first-order chi connectivity index (χ1) is 17.0. The standard InChI is InChI=1S/C26H27ClN6O2/c1-32-14-12-20(13-15-32)28-25(34)17-6-9-19(10-7-17)29-26-30-24-5-3-4-22(33(24)31-26)18-8-11-23(35-2)21(27)16-18/h3-11,16,20H,12-15H2,1-2H3,(H,28,34)(H,29,31). The first-order valence-corrected chi connectivity index (χ1v) is 11.9. The molecule has 35 heavy (non-hydrogen) atoms. The summed E-state index contributed by atoms with van der Waals surface area (Å²) >= 11 is 6.33. The molecule has 0 bridgehead atoms. The molecule has 1 aliphatic rings. The molecule has 0 radical (unpaired) electrons. The molecule has 0 saturated carbocycles. The van der Waals surface area contributed by atoms with Crippen LogP contribution in [0.3, 0.4) is 0 Å². The van der Waals surface area contributed by atoms with Crippen molar-refractivity contribution >= 4 is 34.8 Å². The summed E-state index contributed by atoms with van der Waals surface area (Å²) in [4.78, 5) is 19.5. The molecular formula is C26H27ClN6O2. The Morgan fingerprint density at radius 2 is 1.86 bits per heavy atom. The molecule has 0 atom stereocenters. The van der Waals surface area contributed by atoms with Crippen molar-refractivity contribution in [1.82, 2.24) is 24.8 Å². The summed E-state index contributed by atoms with van der Waals surface area (Å²) in [5, 5.41) is 11.5. The lowest BCUT2D eigenvalue weighted by molar-refractivity contribution is 0.0917. The zero-order valence-corrected chi connectivity index (χ0v) is 20.4. The number of carbonyl (C=O) groups is 1. The number of anilines is 2. The summed E-state index contributed by atoms with van der Waals surface area (Å²) in [6.45, 7) is 2.01. The summed E-state index contributed by atoms with van der Waals surface area (Å²) in [6.07, 6.45) is 1.96. The predicted octanol–water partition coefficient (Wildman–Crippen LogP) is 4.63. The normalized spacial score (nSPS) is 14.7. The summed E-state index contributed by atoms with van der Waals surface area (Å²) in [6, 6.07) is 19.0. The fraction of sp³-hybridized carbons (Fsp3) is 0.269. The van der Waals surface area contributed by atoms with Gasteiger partial charge in [0.25, 0.3) is 5.91 Å². The number of aromatic nitrogens is 3. The highest BCUT2D eigenvalue weighted by molar-refractivity contribution is 6.32. The third-order valence-corrected chi connectivity index (χ3v) is 6.56. The Labute approximate surface area is 208 Å². The lowest BCUT2D eigenvalue weighted by Gasteiger charge is -2.29. The number of rotatable bonds is 6. The molecule has 1 saturated heterocycles. The smallest absolute Gasteiger partial charge is 0.251 e. The van der Waals surface area contributed by atoms with Crippen molar-refractivity contribution in [2.45, 2.75) is 18.9 Å². The topological polar surface area (TPSA) is 83.8 Å². The van der Waals surface area contributed by atoms with E-state index in [1.54, 1.807) is 11.6 Å². The molecular weight excluding hydrogens is 464 g/mol. The monoisotopic (exact) mass is 490 g/mol. The summed E-state index contributed by atoms with van der Waals surface area (Å²) in [7, 11) is 3.70. The maximum Gasteiger partial charge on any atom is 0.251 e. The van der Waals surface area contributed by atoms with Crippen LogP contribution < -0.4 is 15.4 Å². The van der Waals surface area contributed by atoms with Gasteiger partial charge in [-0.05, 0) is 87.6 Å². The van der Waals surface area contributed by atoms with Crippen molar-refractivity contribution in [3.05, 3.63) is 71.2 Å². The number of piperidine rings is 1. The molecule has 8 nitrogen and oxygen atoms in total. The highest BCUT2D eigenvalue weighted by Crippen LogP contribution is 2.30. The third-order valence-electron chi connectivity index (χ3n) is 6.26. The Balaban J connectivity index is 1.30. The van der Waals surface area contributed by atoms with E-state index in [-0.39, 0.29) is 11.9 Å². The molecule has 1 aliphatic heterocycles. The van der Waals surface area contributed by atoms with Crippen molar-refractivity contribution in [1.29, 1.82) is 0 Å². The number of benzene rings is 2. The molecule has 1 amide bonds. The van der Waals surface area contributed by atoms with E-state index in [1.165, 1.54) is 0 Å². The summed E-state index contributed by atoms with van der Waals surface area (Å²) in [5.74, 6) is 1.03. The number of nitrogens with one attached hydrogen (secondary N) is 2. The van der Waals surface area contributed by atoms with Gasteiger partial charge in [0.1, 0.15) is 5.75 Å². The van der Waals surface area contributed by atoms with E-state index >= 15 is 0 Å². The van der Waals surface area contributed by atoms with Crippen molar-refractivity contribution in [2.75, 3.05) is 32.6 Å². The van der Waals surface area contributed by atoms with E-state index in [0.717, 1.165) is 42.9 Å². The van der Waals surface area contributed by atoms with E-state index in [4.69, 9.17) is 16.3 Å². The van der Waals surface area contributed by atoms with Crippen LogP contribution in [0.15, 0.2) is 60.7 Å². The quantitative estimate of drug-likeness (QED) is 0.410. The molecule has 5 rings (SSSR count). The number of carbonyl (C=O) groups excluding carboxylic acids is 1. The van der Waals surface area contributed by atoms with E-state index in [2.05, 4.69) is 32.7 Å². The number of halogens is 1. The van der Waals surface area contributed by atoms with Crippen LogP contribution in [0.5, 0.6) is 5.75 Å². The second-order valence-corrected chi connectivity index (χ2v) is 9.13. The number of likely N-dealkylation sites (tertiary alicyclic amines) is 1. The van der Waals surface area contributed by atoms with Gasteiger partial charge in [-0.1, -0.05) is 17.7 Å². The highest BCUT2D eigenvalue weighted by Gasteiger charge is 2.19. The van der Waals surface area contributed by atoms with Gasteiger partial charge in [-0.2, -0.15) is 4.98 Å². The second kappa shape index (κ2) is 9.93. The Morgan fingerprint density at radius 3 is 2.57 bits per heavy atom. The third kappa shape index (κ3) is 5.08. The average molecular weight is 491 g/mol. The fourth-order valence-electron chi connectivity index (χ4n) is 4.26. The van der Waals surface area contributed by atoms with Crippen LogP contribution in [0, 0.1) is 0 Å². The Bertz CT molecular complexity index is 1350. The Kier molecular flexibility index (Phi) is 6.57. The van der Waals surface area contributed by atoms with Gasteiger partial charge >= 0.3 is 0 Å². The summed E-state index contributed by atoms with van der Waals surface area (Å²) in [5.41, 5.74) is 3.89. The molecule has 9 heteroatoms. The van der Waals surface area contributed by atoms with Crippen LogP contribution in [0.2, 0.25) is 5.02 Å². The molecule has 4 aromatic rings. The molecule has 2 aromatic heterocycles. The van der Waals surface area contributed by atoms with E-state index in [0.29, 0.717) is 27.9 Å². The largest absolute Gasteiger partial charge is 0.495 e. The average Bonchev–Trinajstić information content (AvgIpc) is 3.28. The predicted molar refractivity (Wildman–Crippen MR) is 138 cm³/mol. The van der Waals surface area contributed by atoms with Crippen molar-refractivity contribution in [2.24, 2.45) is 0 Å². The van der Waals surface area contributed by atoms with Gasteiger partial charge in [-0.3, -0.25) is 4.79 Å². The number of nitrogens with zero attached hydrogens (tertiary/aromatic N) is 4. The van der Waals surface area contributed by atoms with Crippen LogP contribution >= 0.6 is 11.6 Å². The SMILES string of the molecule is COc1ccc(-c2cccc3nc(Nc4ccc(C(=O)NC5CCN(C)CC5)cc4)nn23)cc1Cl. The number of hydrogen-bond acceptors (Lipinski definition) is 6. The first-order valence-electron chi connectivity index (χ1n) is 11.6. The number of fused-ring (bicyclic) bond motifs is 1. The number of methoxy groups -OCH3 is 1. The van der Waals surface area contributed by atoms with Gasteiger partial charge in [0.05, 0.1) is 17.8 Å². The molecule has 0 unspecified atom stereocenters. The molecule has 1 fully saturated rings. The maximum absolute atomic E-state index is 12.6. The van der Waals surface area contributed by atoms with Crippen molar-refractivity contribution < 1.29 is 9.53 Å². The van der Waals surface area contributed by atoms with E-state index < -0.39 is 0 Å². The number of pyridine rings is 1. The van der Waals surface area contributed by atoms with Crippen LogP contribution in [0.4, 0.5) is 11.6 Å². The minimum atomic E-state index is -0.0419. The maximum atomic E-state index is 12.6. The minimum absolute atomic E-state index is 0.0419. The lowest BCUT2D eigenvalue weighted by atomic mass is 10.0. The molecule has 3 heterocycles. The van der Waals surface area contributed by atoms with Gasteiger partial charge in [-0.25, -0.2) is 4.52 Å². The van der Waals surface area contributed by atoms with Gasteiger partial charge in [0, 0.05) is 22.9 Å². The van der Waals surface area contributed by atoms with Gasteiger partial charge in [-0.15, -0.1) is 5.10 Å². The van der Waals surface area contributed by atoms with Gasteiger partial charge < -0.3 is 20.3 Å². The Hall–Kier alpha value is -3.62. The van der Waals surface area contributed by atoms with Crippen molar-refractivity contribution in [3.8, 4) is 17.0 Å². The summed E-state index contributed by atoms with van der Waals surface area (Å²) < 4.78 is 7.02. The van der Waals surface area contributed by atoms with E-state index in [9.17, 15) is 4.79 Å². The van der Waals surface area contributed by atoms with Gasteiger partial charge in [0.15, 0.2) is 5.65 Å². The fourth-order valence-corrected chi connectivity index (χ4v) is 4.52. The molecule has 180 valence electrons. The van der Waals surface area contributed by atoms with Crippen LogP contribution in [-0.2, 0) is 0 Å². The minimum Gasteiger partial charge on any atom is -0.495 e. The molecule has 2 aromatic carbocycles. The van der Waals surface area contributed by atoms with Crippen LogP contribution in [-0.4, -0.2) is 58.7 Å². The molecule has 2 N–H and O–H groups in total. The molecule has 0 aliphatic carbocycles. The van der Waals surface area contributed by atoms with E-state index in [1.807, 2.05) is 60.7 Å². The van der Waals surface area contributed by atoms with Crippen molar-refractivity contribution in [3.63, 3.8) is 0 Å². The zero-order valence-electron chi connectivity index (χ0n) is 19.7. The van der Waals surface area contributed by atoms with Crippen LogP contribution in [0.25, 0.3) is 16.9 Å². The molecule has 0 spiro atoms. The zero-order chi connectivity index (χ0) is 24.4. The van der Waals surface area contributed by atoms with Gasteiger partial charge in [0.2, 0.25) is 5.95 Å². The second-order valence-electron chi connectivity index (χ2n) is 8.72. The lowest BCUT2D eigenvalue weighted by Crippen LogP contribution is -2.43. The number of amides is 1. The van der Waals surface area contributed by atoms with Crippen LogP contribution in [0.1, 0.15) is 23.2 Å². The number of hydrogen-bond donors (Lipinski definition) is 2. The first kappa shape index (κ1) is 23.1. The highest BCUT2D eigenvalue weighted by atomic mass is 35.5. The Morgan fingerprint density at radius 1 is 1.09 bits per heavy atom.